The fraction of sp³-hybridized carbons (Fsp3) is 0.182. The molecule has 3 aromatic carbocycles. The number of benzene rings is 3. The monoisotopic (exact) mass is 491 g/mol. The van der Waals surface area contributed by atoms with Crippen LogP contribution in [-0.2, 0) is 13.2 Å². The minimum Gasteiger partial charge on any atom is -0.487 e. The molecule has 0 aliphatic heterocycles. The molecular weight excluding hydrogens is 473 g/mol. The lowest BCUT2D eigenvalue weighted by atomic mass is 10.1. The van der Waals surface area contributed by atoms with E-state index in [0.717, 1.165) is 20.2 Å². The van der Waals surface area contributed by atoms with Gasteiger partial charge in [-0.3, -0.25) is 0 Å². The van der Waals surface area contributed by atoms with Gasteiger partial charge in [-0.15, -0.1) is 0 Å². The van der Waals surface area contributed by atoms with E-state index in [4.69, 9.17) is 4.74 Å². The molecule has 0 saturated heterocycles. The number of hydrogen-bond acceptors (Lipinski definition) is 2. The van der Waals surface area contributed by atoms with Crippen molar-refractivity contribution in [2.45, 2.75) is 27.0 Å². The van der Waals surface area contributed by atoms with Gasteiger partial charge in [-0.25, -0.2) is 4.39 Å². The van der Waals surface area contributed by atoms with Gasteiger partial charge in [0.05, 0.1) is 4.47 Å². The quantitative estimate of drug-likeness (QED) is 0.394. The molecule has 0 spiro atoms. The van der Waals surface area contributed by atoms with Gasteiger partial charge in [-0.1, -0.05) is 40.2 Å². The maximum Gasteiger partial charge on any atom is 0.139 e. The number of halogens is 3. The molecule has 3 aromatic rings. The Kier molecular flexibility index (Phi) is 6.55. The van der Waals surface area contributed by atoms with Gasteiger partial charge in [0, 0.05) is 27.8 Å². The highest BCUT2D eigenvalue weighted by atomic mass is 79.9. The summed E-state index contributed by atoms with van der Waals surface area (Å²) in [5.74, 6) is 0.443. The average molecular weight is 493 g/mol. The standard InChI is InChI=1S/C22H20Br2FNO/c1-14-7-8-19(9-15(14)2)26-12-17-10-18(23)11-20(24)22(17)27-13-16-5-3-4-6-21(16)25/h3-11,26H,12-13H2,1-2H3. The van der Waals surface area contributed by atoms with E-state index in [0.29, 0.717) is 17.9 Å². The first-order chi connectivity index (χ1) is 12.9. The number of aryl methyl sites for hydroxylation is 2. The van der Waals surface area contributed by atoms with Gasteiger partial charge in [0.25, 0.3) is 0 Å². The second-order valence-electron chi connectivity index (χ2n) is 6.41. The Bertz CT molecular complexity index is 959. The van der Waals surface area contributed by atoms with Crippen LogP contribution in [0, 0.1) is 19.7 Å². The predicted molar refractivity (Wildman–Crippen MR) is 116 cm³/mol. The zero-order chi connectivity index (χ0) is 19.4. The van der Waals surface area contributed by atoms with E-state index in [-0.39, 0.29) is 12.4 Å². The first-order valence-corrected chi connectivity index (χ1v) is 10.2. The van der Waals surface area contributed by atoms with Crippen molar-refractivity contribution < 1.29 is 9.13 Å². The molecule has 0 aliphatic rings. The lowest BCUT2D eigenvalue weighted by Gasteiger charge is -2.16. The molecule has 0 aromatic heterocycles. The van der Waals surface area contributed by atoms with Crippen molar-refractivity contribution >= 4 is 37.5 Å². The van der Waals surface area contributed by atoms with Crippen molar-refractivity contribution in [3.63, 3.8) is 0 Å². The summed E-state index contributed by atoms with van der Waals surface area (Å²) in [6.45, 7) is 4.95. The van der Waals surface area contributed by atoms with Crippen molar-refractivity contribution in [2.75, 3.05) is 5.32 Å². The molecule has 3 rings (SSSR count). The molecule has 0 fully saturated rings. The maximum atomic E-state index is 13.9. The Hall–Kier alpha value is -1.85. The predicted octanol–water partition coefficient (Wildman–Crippen LogP) is 7.16. The largest absolute Gasteiger partial charge is 0.487 e. The van der Waals surface area contributed by atoms with Gasteiger partial charge in [-0.2, -0.15) is 0 Å². The number of hydrogen-bond donors (Lipinski definition) is 1. The number of nitrogens with one attached hydrogen (secondary N) is 1. The summed E-state index contributed by atoms with van der Waals surface area (Å²) in [6.07, 6.45) is 0. The smallest absolute Gasteiger partial charge is 0.139 e. The van der Waals surface area contributed by atoms with Gasteiger partial charge < -0.3 is 10.1 Å². The SMILES string of the molecule is Cc1ccc(NCc2cc(Br)cc(Br)c2OCc2ccccc2F)cc1C. The molecule has 0 unspecified atom stereocenters. The van der Waals surface area contributed by atoms with E-state index < -0.39 is 0 Å². The van der Waals surface area contributed by atoms with Gasteiger partial charge in [0.2, 0.25) is 0 Å². The van der Waals surface area contributed by atoms with E-state index in [2.05, 4.69) is 69.2 Å². The fourth-order valence-electron chi connectivity index (χ4n) is 2.72. The number of ether oxygens (including phenoxy) is 1. The van der Waals surface area contributed by atoms with Crippen LogP contribution in [0.1, 0.15) is 22.3 Å². The van der Waals surface area contributed by atoms with E-state index in [1.807, 2.05) is 12.1 Å². The molecule has 2 nitrogen and oxygen atoms in total. The van der Waals surface area contributed by atoms with Crippen molar-refractivity contribution in [3.8, 4) is 5.75 Å². The van der Waals surface area contributed by atoms with Crippen molar-refractivity contribution in [1.29, 1.82) is 0 Å². The lowest BCUT2D eigenvalue weighted by Crippen LogP contribution is -2.05. The molecule has 0 amide bonds. The maximum absolute atomic E-state index is 13.9. The van der Waals surface area contributed by atoms with Crippen LogP contribution in [0.5, 0.6) is 5.75 Å². The van der Waals surface area contributed by atoms with Crippen LogP contribution in [0.4, 0.5) is 10.1 Å². The summed E-state index contributed by atoms with van der Waals surface area (Å²) in [5.41, 5.74) is 5.06. The molecule has 0 aliphatic carbocycles. The third-order valence-corrected chi connectivity index (χ3v) is 5.45. The topological polar surface area (TPSA) is 21.3 Å². The van der Waals surface area contributed by atoms with Crippen molar-refractivity contribution in [3.05, 3.63) is 91.6 Å². The number of rotatable bonds is 6. The Morgan fingerprint density at radius 2 is 1.70 bits per heavy atom. The van der Waals surface area contributed by atoms with Gasteiger partial charge in [0.15, 0.2) is 0 Å². The number of anilines is 1. The van der Waals surface area contributed by atoms with Crippen LogP contribution in [0.2, 0.25) is 0 Å². The molecule has 0 heterocycles. The summed E-state index contributed by atoms with van der Waals surface area (Å²) < 4.78 is 21.6. The third-order valence-electron chi connectivity index (χ3n) is 4.41. The Morgan fingerprint density at radius 1 is 0.926 bits per heavy atom. The van der Waals surface area contributed by atoms with E-state index in [9.17, 15) is 4.39 Å². The summed E-state index contributed by atoms with van der Waals surface area (Å²) in [5, 5.41) is 3.44. The molecule has 140 valence electrons. The van der Waals surface area contributed by atoms with Gasteiger partial charge in [0.1, 0.15) is 18.2 Å². The normalized spacial score (nSPS) is 10.7. The minimum absolute atomic E-state index is 0.170. The highest BCUT2D eigenvalue weighted by Crippen LogP contribution is 2.34. The molecule has 0 bridgehead atoms. The van der Waals surface area contributed by atoms with Gasteiger partial charge >= 0.3 is 0 Å². The van der Waals surface area contributed by atoms with Crippen LogP contribution in [0.25, 0.3) is 0 Å². The van der Waals surface area contributed by atoms with Crippen LogP contribution in [0.3, 0.4) is 0 Å². The van der Waals surface area contributed by atoms with E-state index in [1.165, 1.54) is 17.2 Å². The Labute approximate surface area is 176 Å². The van der Waals surface area contributed by atoms with E-state index in [1.54, 1.807) is 18.2 Å². The summed E-state index contributed by atoms with van der Waals surface area (Å²) in [4.78, 5) is 0. The first-order valence-electron chi connectivity index (χ1n) is 8.59. The summed E-state index contributed by atoms with van der Waals surface area (Å²) in [6, 6.07) is 16.9. The zero-order valence-corrected chi connectivity index (χ0v) is 18.3. The minimum atomic E-state index is -0.263. The highest BCUT2D eigenvalue weighted by Gasteiger charge is 2.12. The summed E-state index contributed by atoms with van der Waals surface area (Å²) in [7, 11) is 0. The van der Waals surface area contributed by atoms with Gasteiger partial charge in [-0.05, 0) is 71.2 Å². The Balaban J connectivity index is 1.79. The van der Waals surface area contributed by atoms with Crippen LogP contribution < -0.4 is 10.1 Å². The first kappa shape index (κ1) is 19.9. The summed E-state index contributed by atoms with van der Waals surface area (Å²) >= 11 is 7.09. The van der Waals surface area contributed by atoms with Crippen LogP contribution >= 0.6 is 31.9 Å². The average Bonchev–Trinajstić information content (AvgIpc) is 2.63. The van der Waals surface area contributed by atoms with Crippen molar-refractivity contribution in [1.82, 2.24) is 0 Å². The zero-order valence-electron chi connectivity index (χ0n) is 15.2. The molecule has 5 heteroatoms. The molecule has 0 saturated carbocycles. The molecule has 0 radical (unpaired) electrons. The molecule has 1 N–H and O–H groups in total. The lowest BCUT2D eigenvalue weighted by molar-refractivity contribution is 0.295. The molecule has 0 atom stereocenters. The Morgan fingerprint density at radius 3 is 2.44 bits per heavy atom. The van der Waals surface area contributed by atoms with Crippen molar-refractivity contribution in [2.24, 2.45) is 0 Å². The highest BCUT2D eigenvalue weighted by molar-refractivity contribution is 9.11. The fourth-order valence-corrected chi connectivity index (χ4v) is 4.15. The molecular formula is C22H20Br2FNO. The molecule has 27 heavy (non-hydrogen) atoms. The van der Waals surface area contributed by atoms with Crippen LogP contribution in [-0.4, -0.2) is 0 Å². The third kappa shape index (κ3) is 5.11. The second-order valence-corrected chi connectivity index (χ2v) is 8.18. The van der Waals surface area contributed by atoms with Crippen LogP contribution in [0.15, 0.2) is 63.5 Å². The second kappa shape index (κ2) is 8.89. The van der Waals surface area contributed by atoms with E-state index >= 15 is 0 Å².